The Morgan fingerprint density at radius 3 is 2.43 bits per heavy atom. The van der Waals surface area contributed by atoms with Crippen LogP contribution in [0, 0.1) is 0 Å². The third-order valence-electron chi connectivity index (χ3n) is 2.89. The molecule has 0 aliphatic rings. The highest BCUT2D eigenvalue weighted by Gasteiger charge is 2.06. The maximum Gasteiger partial charge on any atom is 0.269 e. The lowest BCUT2D eigenvalue weighted by Gasteiger charge is -2.13. The fourth-order valence-corrected chi connectivity index (χ4v) is 2.29. The Balaban J connectivity index is 2.06. The summed E-state index contributed by atoms with van der Waals surface area (Å²) >= 11 is 3.36. The number of hydrogen-bond acceptors (Lipinski definition) is 2. The molecule has 0 unspecified atom stereocenters. The van der Waals surface area contributed by atoms with Crippen molar-refractivity contribution in [3.8, 4) is 0 Å². The zero-order valence-electron chi connectivity index (χ0n) is 11.8. The van der Waals surface area contributed by atoms with Gasteiger partial charge in [0, 0.05) is 10.0 Å². The molecule has 0 aliphatic heterocycles. The van der Waals surface area contributed by atoms with Crippen molar-refractivity contribution in [1.29, 1.82) is 0 Å². The molecule has 108 valence electrons. The molecule has 0 saturated carbocycles. The van der Waals surface area contributed by atoms with E-state index in [0.29, 0.717) is 5.56 Å². The lowest BCUT2D eigenvalue weighted by Crippen LogP contribution is -2.36. The van der Waals surface area contributed by atoms with E-state index >= 15 is 0 Å². The van der Waals surface area contributed by atoms with Gasteiger partial charge in [0.15, 0.2) is 0 Å². The van der Waals surface area contributed by atoms with E-state index in [1.54, 1.807) is 12.1 Å². The van der Waals surface area contributed by atoms with Crippen LogP contribution in [0.15, 0.2) is 65.1 Å². The minimum absolute atomic E-state index is 0.172. The SMILES string of the molecule is CCC=C(NNC(=O)c1cccc(Br)c1)c1ccccc1. The molecule has 0 heterocycles. The van der Waals surface area contributed by atoms with Crippen LogP contribution >= 0.6 is 15.9 Å². The summed E-state index contributed by atoms with van der Waals surface area (Å²) in [5.74, 6) is -0.172. The average molecular weight is 345 g/mol. The van der Waals surface area contributed by atoms with Gasteiger partial charge in [-0.2, -0.15) is 0 Å². The first-order valence-electron chi connectivity index (χ1n) is 6.78. The number of amides is 1. The fourth-order valence-electron chi connectivity index (χ4n) is 1.89. The van der Waals surface area contributed by atoms with E-state index in [-0.39, 0.29) is 5.91 Å². The first kappa shape index (κ1) is 15.3. The van der Waals surface area contributed by atoms with Crippen LogP contribution in [0.25, 0.3) is 5.70 Å². The fraction of sp³-hybridized carbons (Fsp3) is 0.118. The van der Waals surface area contributed by atoms with Crippen LogP contribution in [-0.2, 0) is 0 Å². The highest BCUT2D eigenvalue weighted by Crippen LogP contribution is 2.13. The summed E-state index contributed by atoms with van der Waals surface area (Å²) < 4.78 is 0.877. The molecule has 0 aliphatic carbocycles. The van der Waals surface area contributed by atoms with Crippen molar-refractivity contribution in [2.24, 2.45) is 0 Å². The van der Waals surface area contributed by atoms with Gasteiger partial charge < -0.3 is 0 Å². The largest absolute Gasteiger partial charge is 0.298 e. The van der Waals surface area contributed by atoms with E-state index in [1.165, 1.54) is 0 Å². The van der Waals surface area contributed by atoms with Crippen LogP contribution in [0.2, 0.25) is 0 Å². The molecule has 1 amide bonds. The number of carbonyl (C=O) groups excluding carboxylic acids is 1. The highest BCUT2D eigenvalue weighted by atomic mass is 79.9. The standard InChI is InChI=1S/C17H17BrN2O/c1-2-7-16(13-8-4-3-5-9-13)19-20-17(21)14-10-6-11-15(18)12-14/h3-12,19H,2H2,1H3,(H,20,21). The van der Waals surface area contributed by atoms with E-state index in [9.17, 15) is 4.79 Å². The molecule has 0 bridgehead atoms. The van der Waals surface area contributed by atoms with Crippen LogP contribution in [-0.4, -0.2) is 5.91 Å². The molecular formula is C17H17BrN2O. The Kier molecular flexibility index (Phi) is 5.58. The molecule has 0 spiro atoms. The maximum absolute atomic E-state index is 12.1. The van der Waals surface area contributed by atoms with Gasteiger partial charge in [0.1, 0.15) is 0 Å². The van der Waals surface area contributed by atoms with E-state index in [1.807, 2.05) is 48.5 Å². The van der Waals surface area contributed by atoms with E-state index in [2.05, 4.69) is 33.7 Å². The smallest absolute Gasteiger partial charge is 0.269 e. The zero-order chi connectivity index (χ0) is 15.1. The normalized spacial score (nSPS) is 11.0. The van der Waals surface area contributed by atoms with Crippen LogP contribution in [0.1, 0.15) is 29.3 Å². The second-order valence-electron chi connectivity index (χ2n) is 4.48. The van der Waals surface area contributed by atoms with Crippen LogP contribution < -0.4 is 10.9 Å². The summed E-state index contributed by atoms with van der Waals surface area (Å²) in [5, 5.41) is 0. The number of benzene rings is 2. The first-order chi connectivity index (χ1) is 10.2. The lowest BCUT2D eigenvalue weighted by atomic mass is 10.1. The van der Waals surface area contributed by atoms with Gasteiger partial charge >= 0.3 is 0 Å². The molecule has 3 nitrogen and oxygen atoms in total. The van der Waals surface area contributed by atoms with Crippen molar-refractivity contribution in [1.82, 2.24) is 10.9 Å². The average Bonchev–Trinajstić information content (AvgIpc) is 2.52. The van der Waals surface area contributed by atoms with Crippen molar-refractivity contribution in [3.05, 3.63) is 76.3 Å². The van der Waals surface area contributed by atoms with Gasteiger partial charge in [0.25, 0.3) is 5.91 Å². The molecule has 2 N–H and O–H groups in total. The molecule has 0 fully saturated rings. The number of allylic oxidation sites excluding steroid dienone is 1. The minimum atomic E-state index is -0.172. The van der Waals surface area contributed by atoms with E-state index in [0.717, 1.165) is 22.2 Å². The molecule has 2 aromatic rings. The van der Waals surface area contributed by atoms with E-state index in [4.69, 9.17) is 0 Å². The second-order valence-corrected chi connectivity index (χ2v) is 5.40. The number of nitrogens with one attached hydrogen (secondary N) is 2. The molecule has 21 heavy (non-hydrogen) atoms. The monoisotopic (exact) mass is 344 g/mol. The zero-order valence-corrected chi connectivity index (χ0v) is 13.4. The number of hydrazine groups is 1. The minimum Gasteiger partial charge on any atom is -0.298 e. The third-order valence-corrected chi connectivity index (χ3v) is 3.38. The maximum atomic E-state index is 12.1. The van der Waals surface area contributed by atoms with Gasteiger partial charge in [-0.1, -0.05) is 65.3 Å². The second kappa shape index (κ2) is 7.64. The summed E-state index contributed by atoms with van der Waals surface area (Å²) in [6.07, 6.45) is 2.92. The van der Waals surface area contributed by atoms with Crippen LogP contribution in [0.5, 0.6) is 0 Å². The third kappa shape index (κ3) is 4.46. The van der Waals surface area contributed by atoms with Crippen molar-refractivity contribution < 1.29 is 4.79 Å². The van der Waals surface area contributed by atoms with Crippen molar-refractivity contribution in [3.63, 3.8) is 0 Å². The molecule has 0 saturated heterocycles. The summed E-state index contributed by atoms with van der Waals surface area (Å²) in [7, 11) is 0. The number of halogens is 1. The highest BCUT2D eigenvalue weighted by molar-refractivity contribution is 9.10. The Hall–Kier alpha value is -2.07. The Morgan fingerprint density at radius 2 is 1.76 bits per heavy atom. The van der Waals surface area contributed by atoms with Gasteiger partial charge in [-0.25, -0.2) is 0 Å². The molecule has 0 aromatic heterocycles. The summed E-state index contributed by atoms with van der Waals surface area (Å²) in [4.78, 5) is 12.1. The molecular weight excluding hydrogens is 328 g/mol. The first-order valence-corrected chi connectivity index (χ1v) is 7.57. The number of rotatable bonds is 5. The predicted molar refractivity (Wildman–Crippen MR) is 89.5 cm³/mol. The van der Waals surface area contributed by atoms with Gasteiger partial charge in [-0.05, 0) is 30.2 Å². The molecule has 2 rings (SSSR count). The van der Waals surface area contributed by atoms with Gasteiger partial charge in [0.2, 0.25) is 0 Å². The Labute approximate surface area is 133 Å². The van der Waals surface area contributed by atoms with Crippen molar-refractivity contribution in [2.75, 3.05) is 0 Å². The van der Waals surface area contributed by atoms with E-state index < -0.39 is 0 Å². The summed E-state index contributed by atoms with van der Waals surface area (Å²) in [6, 6.07) is 17.2. The van der Waals surface area contributed by atoms with Crippen LogP contribution in [0.4, 0.5) is 0 Å². The lowest BCUT2D eigenvalue weighted by molar-refractivity contribution is 0.0942. The van der Waals surface area contributed by atoms with Gasteiger partial charge in [-0.3, -0.25) is 15.6 Å². The Morgan fingerprint density at radius 1 is 1.05 bits per heavy atom. The number of hydrogen-bond donors (Lipinski definition) is 2. The van der Waals surface area contributed by atoms with Gasteiger partial charge in [-0.15, -0.1) is 0 Å². The molecule has 0 atom stereocenters. The summed E-state index contributed by atoms with van der Waals surface area (Å²) in [6.45, 7) is 2.06. The topological polar surface area (TPSA) is 41.1 Å². The predicted octanol–water partition coefficient (Wildman–Crippen LogP) is 4.13. The van der Waals surface area contributed by atoms with Crippen LogP contribution in [0.3, 0.4) is 0 Å². The van der Waals surface area contributed by atoms with Gasteiger partial charge in [0.05, 0.1) is 5.70 Å². The Bertz CT molecular complexity index is 638. The van der Waals surface area contributed by atoms with Crippen molar-refractivity contribution in [2.45, 2.75) is 13.3 Å². The molecule has 0 radical (unpaired) electrons. The van der Waals surface area contributed by atoms with Crippen molar-refractivity contribution >= 4 is 27.5 Å². The molecule has 4 heteroatoms. The molecule has 2 aromatic carbocycles. The summed E-state index contributed by atoms with van der Waals surface area (Å²) in [5.41, 5.74) is 8.26. The quantitative estimate of drug-likeness (QED) is 0.800. The number of carbonyl (C=O) groups is 1.